The number of aliphatic hydroxyl groups is 4. The van der Waals surface area contributed by atoms with Crippen molar-refractivity contribution in [3.05, 3.63) is 0 Å². The van der Waals surface area contributed by atoms with Crippen LogP contribution >= 0.6 is 0 Å². The fourth-order valence-electron chi connectivity index (χ4n) is 0.446. The van der Waals surface area contributed by atoms with Gasteiger partial charge in [-0.3, -0.25) is 0 Å². The molecule has 4 N–H and O–H groups in total. The highest BCUT2D eigenvalue weighted by Gasteiger charge is 2.13. The second-order valence-electron chi connectivity index (χ2n) is 1.83. The Hall–Kier alpha value is -0.160. The first-order valence-electron chi connectivity index (χ1n) is 2.80. The molecule has 0 saturated carbocycles. The summed E-state index contributed by atoms with van der Waals surface area (Å²) in [5.74, 6) is 0. The first-order valence-corrected chi connectivity index (χ1v) is 2.80. The molecule has 0 aromatic heterocycles. The van der Waals surface area contributed by atoms with Gasteiger partial charge < -0.3 is 20.4 Å². The van der Waals surface area contributed by atoms with Gasteiger partial charge in [-0.05, 0) is 6.42 Å². The average molecular weight is 136 g/mol. The zero-order valence-corrected chi connectivity index (χ0v) is 5.06. The third-order valence-electron chi connectivity index (χ3n) is 1.06. The Balaban J connectivity index is 3.32. The lowest BCUT2D eigenvalue weighted by Gasteiger charge is -2.12. The van der Waals surface area contributed by atoms with Gasteiger partial charge in [-0.15, -0.1) is 0 Å². The molecule has 0 bridgehead atoms. The first kappa shape index (κ1) is 8.84. The average Bonchev–Trinajstić information content (AvgIpc) is 1.87. The number of aliphatic hydroxyl groups excluding tert-OH is 4. The lowest BCUT2D eigenvalue weighted by Crippen LogP contribution is -2.29. The van der Waals surface area contributed by atoms with Crippen molar-refractivity contribution in [1.29, 1.82) is 0 Å². The molecule has 56 valence electrons. The summed E-state index contributed by atoms with van der Waals surface area (Å²) in [6, 6.07) is 0. The third kappa shape index (κ3) is 3.42. The molecule has 0 saturated heterocycles. The van der Waals surface area contributed by atoms with E-state index in [2.05, 4.69) is 0 Å². The molecule has 4 heteroatoms. The monoisotopic (exact) mass is 136 g/mol. The van der Waals surface area contributed by atoms with Gasteiger partial charge in [0.1, 0.15) is 6.10 Å². The van der Waals surface area contributed by atoms with Crippen molar-refractivity contribution in [1.82, 2.24) is 0 Å². The maximum absolute atomic E-state index is 8.75. The van der Waals surface area contributed by atoms with E-state index in [0.29, 0.717) is 0 Å². The molecule has 0 rings (SSSR count). The molecule has 0 aromatic carbocycles. The van der Waals surface area contributed by atoms with Crippen molar-refractivity contribution < 1.29 is 20.4 Å². The standard InChI is InChI=1S/C5H12O4/c6-2-1-4(8)5(9)3-7/h4-9H,1-3H2/t4-,5+/m1/s1. The molecule has 0 aliphatic heterocycles. The summed E-state index contributed by atoms with van der Waals surface area (Å²) in [5.41, 5.74) is 0. The van der Waals surface area contributed by atoms with E-state index in [4.69, 9.17) is 20.4 Å². The maximum atomic E-state index is 8.75. The number of hydrogen-bond donors (Lipinski definition) is 4. The van der Waals surface area contributed by atoms with E-state index in [1.807, 2.05) is 0 Å². The Morgan fingerprint density at radius 1 is 1.00 bits per heavy atom. The Labute approximate surface area is 53.4 Å². The van der Waals surface area contributed by atoms with Gasteiger partial charge >= 0.3 is 0 Å². The van der Waals surface area contributed by atoms with Crippen LogP contribution in [0.15, 0.2) is 0 Å². The third-order valence-corrected chi connectivity index (χ3v) is 1.06. The molecular weight excluding hydrogens is 124 g/mol. The van der Waals surface area contributed by atoms with Crippen molar-refractivity contribution in [2.75, 3.05) is 13.2 Å². The topological polar surface area (TPSA) is 80.9 Å². The van der Waals surface area contributed by atoms with Crippen LogP contribution in [0, 0.1) is 0 Å². The zero-order valence-electron chi connectivity index (χ0n) is 5.06. The maximum Gasteiger partial charge on any atom is 0.103 e. The van der Waals surface area contributed by atoms with Crippen LogP contribution < -0.4 is 0 Å². The van der Waals surface area contributed by atoms with Crippen LogP contribution in [0.2, 0.25) is 0 Å². The van der Waals surface area contributed by atoms with Gasteiger partial charge in [0.25, 0.3) is 0 Å². The predicted molar refractivity (Wildman–Crippen MR) is 30.8 cm³/mol. The molecule has 0 spiro atoms. The molecule has 2 atom stereocenters. The lowest BCUT2D eigenvalue weighted by molar-refractivity contribution is -0.0238. The van der Waals surface area contributed by atoms with E-state index >= 15 is 0 Å². The molecule has 0 heterocycles. The molecule has 0 aliphatic carbocycles. The largest absolute Gasteiger partial charge is 0.396 e. The molecule has 0 unspecified atom stereocenters. The van der Waals surface area contributed by atoms with Crippen LogP contribution in [-0.4, -0.2) is 45.8 Å². The molecule has 0 fully saturated rings. The van der Waals surface area contributed by atoms with E-state index in [1.165, 1.54) is 0 Å². The predicted octanol–water partition coefficient (Wildman–Crippen LogP) is -1.92. The van der Waals surface area contributed by atoms with E-state index in [9.17, 15) is 0 Å². The minimum absolute atomic E-state index is 0.0989. The SMILES string of the molecule is OCC[C@@H](O)[C@@H](O)CO. The molecule has 0 radical (unpaired) electrons. The molecule has 0 aromatic rings. The van der Waals surface area contributed by atoms with Crippen molar-refractivity contribution in [2.24, 2.45) is 0 Å². The molecule has 4 nitrogen and oxygen atoms in total. The van der Waals surface area contributed by atoms with Crippen molar-refractivity contribution in [3.8, 4) is 0 Å². The fourth-order valence-corrected chi connectivity index (χ4v) is 0.446. The van der Waals surface area contributed by atoms with E-state index < -0.39 is 18.8 Å². The summed E-state index contributed by atoms with van der Waals surface area (Å²) in [7, 11) is 0. The highest BCUT2D eigenvalue weighted by molar-refractivity contribution is 4.64. The van der Waals surface area contributed by atoms with Gasteiger partial charge in [0.2, 0.25) is 0 Å². The summed E-state index contributed by atoms with van der Waals surface area (Å²) >= 11 is 0. The fraction of sp³-hybridized carbons (Fsp3) is 1.00. The minimum atomic E-state index is -1.13. The van der Waals surface area contributed by atoms with Gasteiger partial charge in [0.15, 0.2) is 0 Å². The smallest absolute Gasteiger partial charge is 0.103 e. The highest BCUT2D eigenvalue weighted by atomic mass is 16.4. The van der Waals surface area contributed by atoms with Crippen LogP contribution in [-0.2, 0) is 0 Å². The van der Waals surface area contributed by atoms with Crippen molar-refractivity contribution in [3.63, 3.8) is 0 Å². The first-order chi connectivity index (χ1) is 4.22. The van der Waals surface area contributed by atoms with Crippen LogP contribution in [0.3, 0.4) is 0 Å². The second kappa shape index (κ2) is 4.69. The van der Waals surface area contributed by atoms with Gasteiger partial charge in [-0.1, -0.05) is 0 Å². The summed E-state index contributed by atoms with van der Waals surface area (Å²) < 4.78 is 0. The molecular formula is C5H12O4. The normalized spacial score (nSPS) is 17.3. The molecule has 0 aliphatic rings. The van der Waals surface area contributed by atoms with Crippen LogP contribution in [0.4, 0.5) is 0 Å². The van der Waals surface area contributed by atoms with Crippen molar-refractivity contribution in [2.45, 2.75) is 18.6 Å². The lowest BCUT2D eigenvalue weighted by atomic mass is 10.1. The van der Waals surface area contributed by atoms with Crippen molar-refractivity contribution >= 4 is 0 Å². The minimum Gasteiger partial charge on any atom is -0.396 e. The Kier molecular flexibility index (Phi) is 4.61. The summed E-state index contributed by atoms with van der Waals surface area (Å²) in [5, 5.41) is 33.9. The van der Waals surface area contributed by atoms with Crippen LogP contribution in [0.5, 0.6) is 0 Å². The van der Waals surface area contributed by atoms with Gasteiger partial charge in [0, 0.05) is 6.61 Å². The second-order valence-corrected chi connectivity index (χ2v) is 1.83. The molecule has 9 heavy (non-hydrogen) atoms. The van der Waals surface area contributed by atoms with Gasteiger partial charge in [-0.25, -0.2) is 0 Å². The Morgan fingerprint density at radius 2 is 1.56 bits per heavy atom. The summed E-state index contributed by atoms with van der Waals surface area (Å²) in [6.45, 7) is -0.653. The summed E-state index contributed by atoms with van der Waals surface area (Å²) in [6.07, 6.45) is -2.04. The quantitative estimate of drug-likeness (QED) is 0.363. The van der Waals surface area contributed by atoms with E-state index in [-0.39, 0.29) is 13.0 Å². The van der Waals surface area contributed by atoms with E-state index in [1.54, 1.807) is 0 Å². The molecule has 0 amide bonds. The van der Waals surface area contributed by atoms with Gasteiger partial charge in [-0.2, -0.15) is 0 Å². The van der Waals surface area contributed by atoms with E-state index in [0.717, 1.165) is 0 Å². The highest BCUT2D eigenvalue weighted by Crippen LogP contribution is 1.95. The van der Waals surface area contributed by atoms with Crippen LogP contribution in [0.25, 0.3) is 0 Å². The Bertz CT molecular complexity index is 66.0. The summed E-state index contributed by atoms with van der Waals surface area (Å²) in [4.78, 5) is 0. The van der Waals surface area contributed by atoms with Gasteiger partial charge in [0.05, 0.1) is 12.7 Å². The van der Waals surface area contributed by atoms with Crippen LogP contribution in [0.1, 0.15) is 6.42 Å². The number of hydrogen-bond acceptors (Lipinski definition) is 4. The number of rotatable bonds is 4. The Morgan fingerprint density at radius 3 is 1.89 bits per heavy atom. The zero-order chi connectivity index (χ0) is 7.28.